The van der Waals surface area contributed by atoms with Crippen molar-refractivity contribution in [3.8, 4) is 0 Å². The first-order chi connectivity index (χ1) is 13.0. The van der Waals surface area contributed by atoms with Crippen LogP contribution in [0, 0.1) is 5.92 Å². The highest BCUT2D eigenvalue weighted by atomic mass is 28.3. The maximum atomic E-state index is 2.92. The highest BCUT2D eigenvalue weighted by molar-refractivity contribution is 6.84. The molecule has 1 rings (SSSR count). The van der Waals surface area contributed by atoms with Gasteiger partial charge in [-0.15, -0.1) is 0 Å². The van der Waals surface area contributed by atoms with E-state index in [1.165, 1.54) is 81.6 Å². The number of rotatable bonds is 14. The fourth-order valence-electron chi connectivity index (χ4n) is 5.33. The lowest BCUT2D eigenvalue weighted by atomic mass is 10.1. The van der Waals surface area contributed by atoms with Gasteiger partial charge in [0.1, 0.15) is 0 Å². The van der Waals surface area contributed by atoms with E-state index in [0.717, 1.165) is 5.92 Å². The molecule has 0 aromatic carbocycles. The first-order valence-corrected chi connectivity index (χ1v) is 17.9. The minimum atomic E-state index is -1.18. The lowest BCUT2D eigenvalue weighted by Crippen LogP contribution is -2.35. The zero-order valence-corrected chi connectivity index (χ0v) is 22.0. The molecule has 0 radical (unpaired) electrons. The molecule has 0 aromatic heterocycles. The third-order valence-electron chi connectivity index (χ3n) is 8.27. The smallest absolute Gasteiger partial charge is 0.0770 e. The molecular weight excluding hydrogens is 358 g/mol. The van der Waals surface area contributed by atoms with Crippen LogP contribution in [0.2, 0.25) is 42.3 Å². The van der Waals surface area contributed by atoms with Gasteiger partial charge in [0, 0.05) is 13.1 Å². The van der Waals surface area contributed by atoms with Gasteiger partial charge in [0.25, 0.3) is 0 Å². The summed E-state index contributed by atoms with van der Waals surface area (Å²) in [5.41, 5.74) is 4.80. The third kappa shape index (κ3) is 7.15. The van der Waals surface area contributed by atoms with Crippen molar-refractivity contribution in [2.45, 2.75) is 116 Å². The summed E-state index contributed by atoms with van der Waals surface area (Å²) in [6, 6.07) is 10.3. The van der Waals surface area contributed by atoms with Crippen molar-refractivity contribution in [2.75, 3.05) is 19.6 Å². The van der Waals surface area contributed by atoms with Crippen LogP contribution in [0.3, 0.4) is 0 Å². The Hall–Kier alpha value is 0.134. The van der Waals surface area contributed by atoms with Gasteiger partial charge < -0.3 is 0 Å². The van der Waals surface area contributed by atoms with Crippen molar-refractivity contribution in [2.24, 2.45) is 5.92 Å². The van der Waals surface area contributed by atoms with E-state index in [1.54, 1.807) is 6.04 Å². The summed E-state index contributed by atoms with van der Waals surface area (Å²) in [6.45, 7) is 21.2. The molecule has 1 aliphatic heterocycles. The third-order valence-corrected chi connectivity index (χ3v) is 19.3. The van der Waals surface area contributed by atoms with Crippen LogP contribution >= 0.6 is 0 Å². The number of unbranched alkanes of at least 4 members (excludes halogenated alkanes) is 3. The minimum Gasteiger partial charge on any atom is -0.299 e. The van der Waals surface area contributed by atoms with Gasteiger partial charge in [-0.1, -0.05) is 115 Å². The predicted octanol–water partition coefficient (Wildman–Crippen LogP) is 7.98. The zero-order chi connectivity index (χ0) is 20.3. The largest absolute Gasteiger partial charge is 0.299 e. The molecule has 1 atom stereocenters. The number of hydrogen-bond acceptors (Lipinski definition) is 1. The number of nitrogens with zero attached hydrogens (tertiary/aromatic N) is 1. The molecule has 160 valence electrons. The van der Waals surface area contributed by atoms with Gasteiger partial charge in [-0.3, -0.25) is 4.90 Å². The van der Waals surface area contributed by atoms with E-state index in [0.29, 0.717) is 0 Å². The van der Waals surface area contributed by atoms with E-state index in [9.17, 15) is 0 Å². The molecule has 1 unspecified atom stereocenters. The Morgan fingerprint density at radius 1 is 0.815 bits per heavy atom. The van der Waals surface area contributed by atoms with Gasteiger partial charge in [-0.2, -0.15) is 0 Å². The molecule has 27 heavy (non-hydrogen) atoms. The first kappa shape index (κ1) is 25.2. The van der Waals surface area contributed by atoms with Gasteiger partial charge in [-0.25, -0.2) is 0 Å². The normalized spacial score (nSPS) is 20.7. The summed E-state index contributed by atoms with van der Waals surface area (Å²) in [6.07, 6.45) is 5.59. The predicted molar refractivity (Wildman–Crippen MR) is 131 cm³/mol. The average Bonchev–Trinajstić information content (AvgIpc) is 3.08. The molecule has 0 spiro atoms. The molecule has 1 nitrogen and oxygen atoms in total. The van der Waals surface area contributed by atoms with Crippen LogP contribution in [0.5, 0.6) is 0 Å². The maximum absolute atomic E-state index is 2.92. The molecule has 1 aliphatic rings. The first-order valence-electron chi connectivity index (χ1n) is 12.4. The van der Waals surface area contributed by atoms with Crippen LogP contribution < -0.4 is 0 Å². The van der Waals surface area contributed by atoms with Crippen molar-refractivity contribution < 1.29 is 0 Å². The SMILES string of the molecule is CCCCCCN1C/C(=C\[Si](CC)(CC)CC)C(C[Si](CC)(CC)CC)C1. The minimum absolute atomic E-state index is 0.888. The fourth-order valence-corrected chi connectivity index (χ4v) is 12.4. The van der Waals surface area contributed by atoms with Crippen LogP contribution in [-0.2, 0) is 0 Å². The molecule has 0 N–H and O–H groups in total. The highest BCUT2D eigenvalue weighted by Gasteiger charge is 2.37. The molecular formula is C24H51NSi2. The van der Waals surface area contributed by atoms with Crippen molar-refractivity contribution in [1.29, 1.82) is 0 Å². The van der Waals surface area contributed by atoms with Gasteiger partial charge in [0.2, 0.25) is 0 Å². The van der Waals surface area contributed by atoms with Crippen molar-refractivity contribution in [1.82, 2.24) is 4.90 Å². The average molecular weight is 410 g/mol. The number of likely N-dealkylation sites (tertiary alicyclic amines) is 1. The molecule has 0 aromatic rings. The topological polar surface area (TPSA) is 3.24 Å². The standard InChI is InChI=1S/C24H51NSi2/c1-8-15-16-17-18-25-19-23(21-26(9-2,10-3)11-4)24(20-25)22-27(12-5,13-6)14-7/h21,24H,8-20,22H2,1-7H3/b23-21+. The molecule has 0 aliphatic carbocycles. The van der Waals surface area contributed by atoms with Crippen molar-refractivity contribution >= 4 is 16.1 Å². The lowest BCUT2D eigenvalue weighted by molar-refractivity contribution is 0.319. The van der Waals surface area contributed by atoms with Crippen molar-refractivity contribution in [3.05, 3.63) is 11.3 Å². The van der Waals surface area contributed by atoms with Gasteiger partial charge in [-0.05, 0) is 24.9 Å². The van der Waals surface area contributed by atoms with E-state index in [2.05, 4.69) is 59.1 Å². The highest BCUT2D eigenvalue weighted by Crippen LogP contribution is 2.38. The summed E-state index contributed by atoms with van der Waals surface area (Å²) in [5, 5.41) is 0. The Labute approximate surface area is 174 Å². The Morgan fingerprint density at radius 2 is 1.41 bits per heavy atom. The summed E-state index contributed by atoms with van der Waals surface area (Å²) in [5.74, 6) is 0.888. The number of hydrogen-bond donors (Lipinski definition) is 0. The summed E-state index contributed by atoms with van der Waals surface area (Å²) in [7, 11) is -2.23. The van der Waals surface area contributed by atoms with Crippen LogP contribution in [0.1, 0.15) is 74.1 Å². The van der Waals surface area contributed by atoms with Crippen LogP contribution in [0.4, 0.5) is 0 Å². The Balaban J connectivity index is 2.99. The van der Waals surface area contributed by atoms with Gasteiger partial charge in [0.15, 0.2) is 0 Å². The van der Waals surface area contributed by atoms with Crippen LogP contribution in [0.25, 0.3) is 0 Å². The van der Waals surface area contributed by atoms with E-state index in [-0.39, 0.29) is 0 Å². The molecule has 0 bridgehead atoms. The summed E-state index contributed by atoms with van der Waals surface area (Å²) < 4.78 is 0. The summed E-state index contributed by atoms with van der Waals surface area (Å²) in [4.78, 5) is 2.83. The Kier molecular flexibility index (Phi) is 11.8. The molecule has 3 heteroatoms. The van der Waals surface area contributed by atoms with Crippen LogP contribution in [0.15, 0.2) is 11.3 Å². The van der Waals surface area contributed by atoms with Crippen molar-refractivity contribution in [3.63, 3.8) is 0 Å². The van der Waals surface area contributed by atoms with E-state index >= 15 is 0 Å². The van der Waals surface area contributed by atoms with Gasteiger partial charge >= 0.3 is 0 Å². The van der Waals surface area contributed by atoms with Crippen LogP contribution in [-0.4, -0.2) is 40.7 Å². The fraction of sp³-hybridized carbons (Fsp3) is 0.917. The molecule has 1 heterocycles. The monoisotopic (exact) mass is 409 g/mol. The van der Waals surface area contributed by atoms with Gasteiger partial charge in [0.05, 0.1) is 16.1 Å². The van der Waals surface area contributed by atoms with E-state index < -0.39 is 16.1 Å². The molecule has 1 saturated heterocycles. The second kappa shape index (κ2) is 12.6. The lowest BCUT2D eigenvalue weighted by Gasteiger charge is -2.32. The summed E-state index contributed by atoms with van der Waals surface area (Å²) >= 11 is 0. The van der Waals surface area contributed by atoms with E-state index in [1.807, 2.05) is 5.57 Å². The molecule has 0 amide bonds. The maximum Gasteiger partial charge on any atom is 0.0770 e. The zero-order valence-electron chi connectivity index (χ0n) is 20.0. The van der Waals surface area contributed by atoms with E-state index in [4.69, 9.17) is 0 Å². The Morgan fingerprint density at radius 3 is 1.89 bits per heavy atom. The Bertz CT molecular complexity index is 408. The molecule has 0 saturated carbocycles. The second-order valence-electron chi connectivity index (χ2n) is 9.40. The second-order valence-corrected chi connectivity index (χ2v) is 20.1. The quantitative estimate of drug-likeness (QED) is 0.207. The molecule has 1 fully saturated rings.